The van der Waals surface area contributed by atoms with E-state index < -0.39 is 0 Å². The number of fused-ring (bicyclic) bond motifs is 1. The minimum Gasteiger partial charge on any atom is -0.354 e. The van der Waals surface area contributed by atoms with Crippen LogP contribution in [0.3, 0.4) is 0 Å². The second kappa shape index (κ2) is 7.09. The van der Waals surface area contributed by atoms with Gasteiger partial charge in [0.15, 0.2) is 5.82 Å². The fourth-order valence-electron chi connectivity index (χ4n) is 2.62. The van der Waals surface area contributed by atoms with Gasteiger partial charge in [-0.05, 0) is 12.1 Å². The highest BCUT2D eigenvalue weighted by Gasteiger charge is 2.09. The first kappa shape index (κ1) is 15.9. The molecular formula is C17H16N8O. The molecule has 0 atom stereocenters. The fraction of sp³-hybridized carbons (Fsp3) is 0.176. The summed E-state index contributed by atoms with van der Waals surface area (Å²) in [5, 5.41) is 9.89. The molecule has 3 aromatic heterocycles. The molecule has 0 bridgehead atoms. The molecule has 0 aliphatic rings. The first-order valence-corrected chi connectivity index (χ1v) is 8.13. The van der Waals surface area contributed by atoms with Gasteiger partial charge in [-0.1, -0.05) is 12.1 Å². The van der Waals surface area contributed by atoms with E-state index in [1.165, 1.54) is 6.33 Å². The number of carbonyl (C=O) groups is 1. The molecule has 1 aromatic carbocycles. The molecule has 130 valence electrons. The monoisotopic (exact) mass is 348 g/mol. The minimum atomic E-state index is -0.0793. The van der Waals surface area contributed by atoms with Crippen molar-refractivity contribution < 1.29 is 4.79 Å². The van der Waals surface area contributed by atoms with Crippen molar-refractivity contribution in [1.29, 1.82) is 0 Å². The molecule has 4 rings (SSSR count). The van der Waals surface area contributed by atoms with E-state index in [4.69, 9.17) is 0 Å². The van der Waals surface area contributed by atoms with Gasteiger partial charge in [-0.3, -0.25) is 9.89 Å². The van der Waals surface area contributed by atoms with E-state index in [-0.39, 0.29) is 12.5 Å². The van der Waals surface area contributed by atoms with Gasteiger partial charge in [0.05, 0.1) is 22.9 Å². The predicted octanol–water partition coefficient (Wildman–Crippen LogP) is 0.970. The summed E-state index contributed by atoms with van der Waals surface area (Å²) in [6.45, 7) is 0.689. The average Bonchev–Trinajstić information content (AvgIpc) is 3.30. The normalized spacial score (nSPS) is 10.9. The number of carbonyl (C=O) groups excluding carboxylic acids is 1. The smallest absolute Gasteiger partial charge is 0.240 e. The number of rotatable bonds is 6. The van der Waals surface area contributed by atoms with Crippen LogP contribution in [0.15, 0.2) is 49.3 Å². The van der Waals surface area contributed by atoms with Crippen molar-refractivity contribution in [3.63, 3.8) is 0 Å². The van der Waals surface area contributed by atoms with Crippen LogP contribution in [-0.4, -0.2) is 47.2 Å². The number of benzene rings is 1. The van der Waals surface area contributed by atoms with Gasteiger partial charge in [0.2, 0.25) is 5.91 Å². The molecule has 9 nitrogen and oxygen atoms in total. The Morgan fingerprint density at radius 3 is 2.92 bits per heavy atom. The number of para-hydroxylation sites is 2. The van der Waals surface area contributed by atoms with E-state index >= 15 is 0 Å². The number of amides is 1. The number of hydrogen-bond acceptors (Lipinski definition) is 6. The van der Waals surface area contributed by atoms with Crippen LogP contribution in [0.4, 0.5) is 0 Å². The van der Waals surface area contributed by atoms with Crippen molar-refractivity contribution >= 4 is 16.9 Å². The van der Waals surface area contributed by atoms with Gasteiger partial charge in [-0.15, -0.1) is 0 Å². The first-order valence-electron chi connectivity index (χ1n) is 8.13. The van der Waals surface area contributed by atoms with E-state index in [1.807, 2.05) is 28.8 Å². The Bertz CT molecular complexity index is 1020. The van der Waals surface area contributed by atoms with Crippen LogP contribution in [0.25, 0.3) is 22.4 Å². The van der Waals surface area contributed by atoms with Crippen molar-refractivity contribution in [1.82, 2.24) is 40.0 Å². The molecule has 0 saturated carbocycles. The van der Waals surface area contributed by atoms with E-state index in [2.05, 4.69) is 35.5 Å². The second-order valence-corrected chi connectivity index (χ2v) is 5.69. The van der Waals surface area contributed by atoms with Crippen molar-refractivity contribution in [3.05, 3.63) is 55.1 Å². The molecule has 9 heteroatoms. The third-order valence-electron chi connectivity index (χ3n) is 3.88. The lowest BCUT2D eigenvalue weighted by Crippen LogP contribution is -2.29. The summed E-state index contributed by atoms with van der Waals surface area (Å²) in [5.41, 5.74) is 2.55. The van der Waals surface area contributed by atoms with Gasteiger partial charge < -0.3 is 9.88 Å². The molecule has 0 radical (unpaired) electrons. The zero-order valence-corrected chi connectivity index (χ0v) is 13.8. The summed E-state index contributed by atoms with van der Waals surface area (Å²) in [6.07, 6.45) is 6.98. The lowest BCUT2D eigenvalue weighted by Gasteiger charge is -2.05. The first-order chi connectivity index (χ1) is 12.8. The van der Waals surface area contributed by atoms with Crippen LogP contribution in [0, 0.1) is 0 Å². The van der Waals surface area contributed by atoms with Crippen molar-refractivity contribution in [2.75, 3.05) is 6.54 Å². The van der Waals surface area contributed by atoms with Gasteiger partial charge in [-0.2, -0.15) is 5.10 Å². The predicted molar refractivity (Wildman–Crippen MR) is 93.9 cm³/mol. The highest BCUT2D eigenvalue weighted by Crippen LogP contribution is 2.12. The van der Waals surface area contributed by atoms with Crippen LogP contribution in [0.1, 0.15) is 5.82 Å². The van der Waals surface area contributed by atoms with Crippen LogP contribution in [0.2, 0.25) is 0 Å². The number of nitrogens with zero attached hydrogens (tertiary/aromatic N) is 6. The van der Waals surface area contributed by atoms with Crippen molar-refractivity contribution in [2.24, 2.45) is 0 Å². The van der Waals surface area contributed by atoms with Gasteiger partial charge in [0, 0.05) is 25.4 Å². The maximum absolute atomic E-state index is 12.1. The molecule has 0 unspecified atom stereocenters. The zero-order valence-electron chi connectivity index (χ0n) is 13.8. The molecule has 1 amide bonds. The van der Waals surface area contributed by atoms with E-state index in [0.717, 1.165) is 16.6 Å². The van der Waals surface area contributed by atoms with Gasteiger partial charge >= 0.3 is 0 Å². The molecule has 0 aliphatic carbocycles. The summed E-state index contributed by atoms with van der Waals surface area (Å²) in [7, 11) is 0. The number of imidazole rings is 1. The number of aromatic nitrogens is 7. The van der Waals surface area contributed by atoms with Gasteiger partial charge in [0.1, 0.15) is 18.7 Å². The molecule has 3 heterocycles. The SMILES string of the molecule is O=C(Cn1cnc2ccccc21)NCCc1nc(-c2cncnc2)n[nH]1. The molecule has 26 heavy (non-hydrogen) atoms. The van der Waals surface area contributed by atoms with Crippen molar-refractivity contribution in [2.45, 2.75) is 13.0 Å². The van der Waals surface area contributed by atoms with E-state index in [0.29, 0.717) is 24.6 Å². The topological polar surface area (TPSA) is 114 Å². The number of nitrogens with one attached hydrogen (secondary N) is 2. The molecular weight excluding hydrogens is 332 g/mol. The minimum absolute atomic E-state index is 0.0793. The molecule has 0 fully saturated rings. The van der Waals surface area contributed by atoms with Crippen LogP contribution >= 0.6 is 0 Å². The third-order valence-corrected chi connectivity index (χ3v) is 3.88. The summed E-state index contributed by atoms with van der Waals surface area (Å²) in [6, 6.07) is 7.71. The Labute approximate surface area is 148 Å². The number of H-pyrrole nitrogens is 1. The fourth-order valence-corrected chi connectivity index (χ4v) is 2.62. The Balaban J connectivity index is 1.31. The molecule has 2 N–H and O–H groups in total. The van der Waals surface area contributed by atoms with Crippen LogP contribution < -0.4 is 5.32 Å². The van der Waals surface area contributed by atoms with Crippen LogP contribution in [-0.2, 0) is 17.8 Å². The molecule has 4 aromatic rings. The highest BCUT2D eigenvalue weighted by atomic mass is 16.1. The lowest BCUT2D eigenvalue weighted by atomic mass is 10.3. The largest absolute Gasteiger partial charge is 0.354 e. The molecule has 0 spiro atoms. The quantitative estimate of drug-likeness (QED) is 0.537. The summed E-state index contributed by atoms with van der Waals surface area (Å²) in [4.78, 5) is 28.7. The van der Waals surface area contributed by atoms with E-state index in [1.54, 1.807) is 18.7 Å². The molecule has 0 saturated heterocycles. The maximum atomic E-state index is 12.1. The number of aromatic amines is 1. The standard InChI is InChI=1S/C17H16N8O/c26-16(9-25-11-21-13-3-1-2-4-14(13)25)20-6-5-15-22-17(24-23-15)12-7-18-10-19-8-12/h1-4,7-8,10-11H,5-6,9H2,(H,20,26)(H,22,23,24). The summed E-state index contributed by atoms with van der Waals surface area (Å²) < 4.78 is 1.83. The summed E-state index contributed by atoms with van der Waals surface area (Å²) in [5.74, 6) is 1.15. The molecule has 0 aliphatic heterocycles. The lowest BCUT2D eigenvalue weighted by molar-refractivity contribution is -0.121. The Kier molecular flexibility index (Phi) is 4.33. The third kappa shape index (κ3) is 3.41. The Hall–Kier alpha value is -3.62. The maximum Gasteiger partial charge on any atom is 0.240 e. The number of hydrogen-bond donors (Lipinski definition) is 2. The van der Waals surface area contributed by atoms with Crippen molar-refractivity contribution in [3.8, 4) is 11.4 Å². The highest BCUT2D eigenvalue weighted by molar-refractivity contribution is 5.80. The average molecular weight is 348 g/mol. The zero-order chi connectivity index (χ0) is 17.8. The van der Waals surface area contributed by atoms with Crippen LogP contribution in [0.5, 0.6) is 0 Å². The Morgan fingerprint density at radius 1 is 1.19 bits per heavy atom. The second-order valence-electron chi connectivity index (χ2n) is 5.69. The summed E-state index contributed by atoms with van der Waals surface area (Å²) >= 11 is 0. The van der Waals surface area contributed by atoms with Gasteiger partial charge in [0.25, 0.3) is 0 Å². The Morgan fingerprint density at radius 2 is 2.04 bits per heavy atom. The van der Waals surface area contributed by atoms with Gasteiger partial charge in [-0.25, -0.2) is 19.9 Å². The van der Waals surface area contributed by atoms with E-state index in [9.17, 15) is 4.79 Å².